The second-order valence-electron chi connectivity index (χ2n) is 7.22. The third kappa shape index (κ3) is 4.69. The van der Waals surface area contributed by atoms with Gasteiger partial charge in [-0.3, -0.25) is 19.8 Å². The van der Waals surface area contributed by atoms with Crippen LogP contribution >= 0.6 is 0 Å². The molecular formula is C21H21N5O4. The summed E-state index contributed by atoms with van der Waals surface area (Å²) in [5.41, 5.74) is 1.33. The van der Waals surface area contributed by atoms with Crippen molar-refractivity contribution in [3.63, 3.8) is 0 Å². The van der Waals surface area contributed by atoms with Gasteiger partial charge in [0.25, 0.3) is 5.69 Å². The van der Waals surface area contributed by atoms with Crippen molar-refractivity contribution in [3.05, 3.63) is 70.6 Å². The zero-order valence-corrected chi connectivity index (χ0v) is 16.2. The average Bonchev–Trinajstić information content (AvgIpc) is 3.23. The van der Waals surface area contributed by atoms with Crippen LogP contribution in [0.15, 0.2) is 59.1 Å². The fourth-order valence-electron chi connectivity index (χ4n) is 3.51. The molecule has 154 valence electrons. The average molecular weight is 407 g/mol. The van der Waals surface area contributed by atoms with E-state index < -0.39 is 4.92 Å². The molecule has 0 aliphatic carbocycles. The minimum atomic E-state index is -0.456. The third-order valence-corrected chi connectivity index (χ3v) is 5.14. The van der Waals surface area contributed by atoms with E-state index in [9.17, 15) is 14.9 Å². The number of carbonyl (C=O) groups is 1. The second kappa shape index (κ2) is 8.83. The zero-order chi connectivity index (χ0) is 20.9. The van der Waals surface area contributed by atoms with E-state index in [1.165, 1.54) is 12.1 Å². The Morgan fingerprint density at radius 2 is 1.93 bits per heavy atom. The number of rotatable bonds is 6. The molecule has 1 amide bonds. The number of carbonyl (C=O) groups excluding carboxylic acids is 1. The molecule has 1 aromatic heterocycles. The van der Waals surface area contributed by atoms with Gasteiger partial charge in [-0.2, -0.15) is 4.98 Å². The van der Waals surface area contributed by atoms with Crippen molar-refractivity contribution in [2.75, 3.05) is 18.4 Å². The van der Waals surface area contributed by atoms with Crippen LogP contribution in [0.5, 0.6) is 0 Å². The lowest BCUT2D eigenvalue weighted by Crippen LogP contribution is -2.37. The normalized spacial score (nSPS) is 15.1. The fourth-order valence-corrected chi connectivity index (χ4v) is 3.51. The Kier molecular flexibility index (Phi) is 5.80. The molecule has 0 unspecified atom stereocenters. The summed E-state index contributed by atoms with van der Waals surface area (Å²) in [6, 6.07) is 15.6. The van der Waals surface area contributed by atoms with Gasteiger partial charge in [-0.1, -0.05) is 35.5 Å². The lowest BCUT2D eigenvalue weighted by Gasteiger charge is -2.30. The smallest absolute Gasteiger partial charge is 0.270 e. The lowest BCUT2D eigenvalue weighted by atomic mass is 9.96. The van der Waals surface area contributed by atoms with Crippen LogP contribution in [0.2, 0.25) is 0 Å². The number of piperidine rings is 1. The quantitative estimate of drug-likeness (QED) is 0.491. The number of hydrogen-bond acceptors (Lipinski definition) is 7. The van der Waals surface area contributed by atoms with Gasteiger partial charge in [-0.15, -0.1) is 0 Å². The molecule has 30 heavy (non-hydrogen) atoms. The predicted molar refractivity (Wildman–Crippen MR) is 109 cm³/mol. The number of aromatic nitrogens is 2. The van der Waals surface area contributed by atoms with Gasteiger partial charge in [0.05, 0.1) is 11.5 Å². The molecule has 9 heteroatoms. The van der Waals surface area contributed by atoms with Crippen molar-refractivity contribution in [2.24, 2.45) is 5.92 Å². The van der Waals surface area contributed by atoms with Gasteiger partial charge in [-0.05, 0) is 38.1 Å². The number of amides is 1. The van der Waals surface area contributed by atoms with E-state index in [1.54, 1.807) is 12.1 Å². The van der Waals surface area contributed by atoms with Crippen molar-refractivity contribution < 1.29 is 14.2 Å². The summed E-state index contributed by atoms with van der Waals surface area (Å²) in [6.45, 7) is 1.98. The van der Waals surface area contributed by atoms with Gasteiger partial charge < -0.3 is 9.84 Å². The Labute approximate surface area is 172 Å². The number of anilines is 1. The SMILES string of the molecule is O=C(Nc1ccccc1)C1CCN(Cc2nc(-c3cccc([N+](=O)[O-])c3)no2)CC1. The Hall–Kier alpha value is -3.59. The number of para-hydroxylation sites is 1. The van der Waals surface area contributed by atoms with Crippen LogP contribution in [0.25, 0.3) is 11.4 Å². The molecule has 1 saturated heterocycles. The highest BCUT2D eigenvalue weighted by Crippen LogP contribution is 2.23. The van der Waals surface area contributed by atoms with Crippen molar-refractivity contribution in [2.45, 2.75) is 19.4 Å². The van der Waals surface area contributed by atoms with E-state index in [2.05, 4.69) is 20.4 Å². The van der Waals surface area contributed by atoms with Crippen LogP contribution in [-0.2, 0) is 11.3 Å². The topological polar surface area (TPSA) is 114 Å². The van der Waals surface area contributed by atoms with E-state index in [-0.39, 0.29) is 17.5 Å². The maximum Gasteiger partial charge on any atom is 0.270 e. The summed E-state index contributed by atoms with van der Waals surface area (Å²) < 4.78 is 5.32. The summed E-state index contributed by atoms with van der Waals surface area (Å²) in [6.07, 6.45) is 1.51. The van der Waals surface area contributed by atoms with E-state index in [4.69, 9.17) is 4.52 Å². The van der Waals surface area contributed by atoms with Gasteiger partial charge in [0.15, 0.2) is 0 Å². The van der Waals surface area contributed by atoms with E-state index in [1.807, 2.05) is 30.3 Å². The summed E-state index contributed by atoms with van der Waals surface area (Å²) in [5.74, 6) is 0.797. The highest BCUT2D eigenvalue weighted by Gasteiger charge is 2.26. The fraction of sp³-hybridized carbons (Fsp3) is 0.286. The first-order chi connectivity index (χ1) is 14.6. The van der Waals surface area contributed by atoms with Crippen molar-refractivity contribution in [1.82, 2.24) is 15.0 Å². The predicted octanol–water partition coefficient (Wildman–Crippen LogP) is 3.50. The molecule has 0 saturated carbocycles. The van der Waals surface area contributed by atoms with Crippen LogP contribution in [-0.4, -0.2) is 39.0 Å². The van der Waals surface area contributed by atoms with E-state index in [0.717, 1.165) is 31.6 Å². The minimum absolute atomic E-state index is 0.0188. The van der Waals surface area contributed by atoms with Gasteiger partial charge in [0, 0.05) is 29.3 Å². The molecule has 2 heterocycles. The number of nitrogens with zero attached hydrogens (tertiary/aromatic N) is 4. The van der Waals surface area contributed by atoms with Crippen LogP contribution in [0.1, 0.15) is 18.7 Å². The number of benzene rings is 2. The largest absolute Gasteiger partial charge is 0.338 e. The number of hydrogen-bond donors (Lipinski definition) is 1. The number of non-ortho nitro benzene ring substituents is 1. The van der Waals surface area contributed by atoms with Crippen LogP contribution in [0, 0.1) is 16.0 Å². The van der Waals surface area contributed by atoms with Crippen molar-refractivity contribution >= 4 is 17.3 Å². The van der Waals surface area contributed by atoms with Gasteiger partial charge in [-0.25, -0.2) is 0 Å². The van der Waals surface area contributed by atoms with Crippen LogP contribution < -0.4 is 5.32 Å². The molecule has 0 spiro atoms. The summed E-state index contributed by atoms with van der Waals surface area (Å²) >= 11 is 0. The van der Waals surface area contributed by atoms with Gasteiger partial charge in [0.1, 0.15) is 0 Å². The van der Waals surface area contributed by atoms with Crippen LogP contribution in [0.4, 0.5) is 11.4 Å². The van der Waals surface area contributed by atoms with Crippen molar-refractivity contribution in [3.8, 4) is 11.4 Å². The highest BCUT2D eigenvalue weighted by molar-refractivity contribution is 5.92. The monoisotopic (exact) mass is 407 g/mol. The number of nitro benzene ring substituents is 1. The first-order valence-corrected chi connectivity index (χ1v) is 9.74. The molecule has 1 fully saturated rings. The molecule has 1 aliphatic rings. The first-order valence-electron chi connectivity index (χ1n) is 9.74. The molecule has 9 nitrogen and oxygen atoms in total. The highest BCUT2D eigenvalue weighted by atomic mass is 16.6. The standard InChI is InChI=1S/C21H21N5O4/c27-21(22-17-6-2-1-3-7-17)15-9-11-25(12-10-15)14-19-23-20(24-30-19)16-5-4-8-18(13-16)26(28)29/h1-8,13,15H,9-12,14H2,(H,22,27). The zero-order valence-electron chi connectivity index (χ0n) is 16.2. The van der Waals surface area contributed by atoms with Gasteiger partial charge in [0.2, 0.25) is 17.6 Å². The lowest BCUT2D eigenvalue weighted by molar-refractivity contribution is -0.384. The molecule has 4 rings (SSSR count). The molecule has 1 N–H and O–H groups in total. The number of likely N-dealkylation sites (tertiary alicyclic amines) is 1. The number of nitrogens with one attached hydrogen (secondary N) is 1. The van der Waals surface area contributed by atoms with E-state index in [0.29, 0.717) is 23.8 Å². The Balaban J connectivity index is 1.31. The maximum atomic E-state index is 12.4. The third-order valence-electron chi connectivity index (χ3n) is 5.14. The first kappa shape index (κ1) is 19.7. The molecule has 0 bridgehead atoms. The van der Waals surface area contributed by atoms with Gasteiger partial charge >= 0.3 is 0 Å². The molecule has 0 atom stereocenters. The Bertz CT molecular complexity index is 1030. The van der Waals surface area contributed by atoms with E-state index >= 15 is 0 Å². The molecule has 3 aromatic rings. The Morgan fingerprint density at radius 3 is 2.67 bits per heavy atom. The molecule has 1 aliphatic heterocycles. The second-order valence-corrected chi connectivity index (χ2v) is 7.22. The maximum absolute atomic E-state index is 12.4. The summed E-state index contributed by atoms with van der Waals surface area (Å²) in [4.78, 5) is 29.5. The minimum Gasteiger partial charge on any atom is -0.338 e. The molecule has 2 aromatic carbocycles. The Morgan fingerprint density at radius 1 is 1.17 bits per heavy atom. The summed E-state index contributed by atoms with van der Waals surface area (Å²) in [5, 5.41) is 17.8. The number of nitro groups is 1. The van der Waals surface area contributed by atoms with Crippen LogP contribution in [0.3, 0.4) is 0 Å². The molecule has 0 radical (unpaired) electrons. The molecular weight excluding hydrogens is 386 g/mol. The summed E-state index contributed by atoms with van der Waals surface area (Å²) in [7, 11) is 0. The van der Waals surface area contributed by atoms with Crippen molar-refractivity contribution in [1.29, 1.82) is 0 Å².